The number of rotatable bonds is 2. The van der Waals surface area contributed by atoms with E-state index in [0.717, 1.165) is 24.3 Å². The van der Waals surface area contributed by atoms with Gasteiger partial charge in [0.2, 0.25) is 0 Å². The Morgan fingerprint density at radius 2 is 1.58 bits per heavy atom. The van der Waals surface area contributed by atoms with Gasteiger partial charge in [0.1, 0.15) is 5.82 Å². The molecule has 0 radical (unpaired) electrons. The van der Waals surface area contributed by atoms with Crippen molar-refractivity contribution >= 4 is 17.4 Å². The minimum absolute atomic E-state index is 0.206. The van der Waals surface area contributed by atoms with Crippen LogP contribution in [0.15, 0.2) is 30.3 Å². The van der Waals surface area contributed by atoms with E-state index in [1.165, 1.54) is 0 Å². The molecule has 0 aromatic heterocycles. The molecule has 6 heteroatoms. The molecule has 0 heterocycles. The molecular weight excluding hydrogens is 284 g/mol. The van der Waals surface area contributed by atoms with Crippen molar-refractivity contribution in [1.82, 2.24) is 0 Å². The van der Waals surface area contributed by atoms with E-state index in [1.54, 1.807) is 0 Å². The average molecular weight is 289 g/mol. The second-order valence-corrected chi connectivity index (χ2v) is 4.09. The fourth-order valence-corrected chi connectivity index (χ4v) is 1.61. The Hall–Kier alpha value is -1.88. The Bertz CT molecular complexity index is 670. The Balaban J connectivity index is 2.50. The quantitative estimate of drug-likeness (QED) is 0.461. The summed E-state index contributed by atoms with van der Waals surface area (Å²) in [6.45, 7) is 0. The third-order valence-corrected chi connectivity index (χ3v) is 2.77. The van der Waals surface area contributed by atoms with E-state index in [0.29, 0.717) is 6.07 Å². The summed E-state index contributed by atoms with van der Waals surface area (Å²) in [4.78, 5) is 11.9. The van der Waals surface area contributed by atoms with Crippen LogP contribution in [0.25, 0.3) is 0 Å². The lowest BCUT2D eigenvalue weighted by molar-refractivity contribution is 0.103. The van der Waals surface area contributed by atoms with Crippen LogP contribution >= 0.6 is 11.6 Å². The SMILES string of the molecule is O=C(c1ccc(Cl)c(F)c1)c1ccc(F)c(F)c1F. The number of benzene rings is 2. The normalized spacial score (nSPS) is 10.6. The molecule has 0 unspecified atom stereocenters. The number of hydrogen-bond acceptors (Lipinski definition) is 1. The summed E-state index contributed by atoms with van der Waals surface area (Å²) in [7, 11) is 0. The minimum Gasteiger partial charge on any atom is -0.288 e. The maximum absolute atomic E-state index is 13.4. The zero-order valence-electron chi connectivity index (χ0n) is 9.18. The molecule has 0 bridgehead atoms. The van der Waals surface area contributed by atoms with Crippen LogP contribution in [-0.4, -0.2) is 5.78 Å². The van der Waals surface area contributed by atoms with Crippen LogP contribution in [0.5, 0.6) is 0 Å². The van der Waals surface area contributed by atoms with Crippen molar-refractivity contribution in [2.24, 2.45) is 0 Å². The Kier molecular flexibility index (Phi) is 3.57. The summed E-state index contributed by atoms with van der Waals surface area (Å²) >= 11 is 5.44. The Morgan fingerprint density at radius 1 is 0.895 bits per heavy atom. The fraction of sp³-hybridized carbons (Fsp3) is 0. The van der Waals surface area contributed by atoms with Crippen LogP contribution in [0.4, 0.5) is 17.6 Å². The van der Waals surface area contributed by atoms with Crippen LogP contribution in [-0.2, 0) is 0 Å². The van der Waals surface area contributed by atoms with Crippen LogP contribution in [0.3, 0.4) is 0 Å². The molecule has 0 aliphatic rings. The summed E-state index contributed by atoms with van der Waals surface area (Å²) in [5, 5.41) is -0.206. The monoisotopic (exact) mass is 288 g/mol. The Morgan fingerprint density at radius 3 is 2.21 bits per heavy atom. The number of carbonyl (C=O) groups is 1. The Labute approximate surface area is 110 Å². The summed E-state index contributed by atoms with van der Waals surface area (Å²) in [6.07, 6.45) is 0. The van der Waals surface area contributed by atoms with Crippen LogP contribution in [0.1, 0.15) is 15.9 Å². The number of ketones is 1. The van der Waals surface area contributed by atoms with Crippen molar-refractivity contribution in [2.75, 3.05) is 0 Å². The van der Waals surface area contributed by atoms with E-state index in [-0.39, 0.29) is 10.6 Å². The molecule has 0 amide bonds. The minimum atomic E-state index is -1.75. The van der Waals surface area contributed by atoms with Crippen LogP contribution < -0.4 is 0 Å². The molecule has 0 saturated heterocycles. The van der Waals surface area contributed by atoms with Gasteiger partial charge in [-0.1, -0.05) is 11.6 Å². The van der Waals surface area contributed by atoms with E-state index >= 15 is 0 Å². The lowest BCUT2D eigenvalue weighted by Crippen LogP contribution is -2.07. The number of halogens is 5. The van der Waals surface area contributed by atoms with Gasteiger partial charge in [-0.2, -0.15) is 0 Å². The van der Waals surface area contributed by atoms with Gasteiger partial charge < -0.3 is 0 Å². The van der Waals surface area contributed by atoms with Gasteiger partial charge in [-0.3, -0.25) is 4.79 Å². The molecule has 2 aromatic rings. The molecule has 0 fully saturated rings. The van der Waals surface area contributed by atoms with E-state index in [4.69, 9.17) is 11.6 Å². The number of hydrogen-bond donors (Lipinski definition) is 0. The third-order valence-electron chi connectivity index (χ3n) is 2.46. The second-order valence-electron chi connectivity index (χ2n) is 3.68. The van der Waals surface area contributed by atoms with Crippen molar-refractivity contribution < 1.29 is 22.4 Å². The van der Waals surface area contributed by atoms with Gasteiger partial charge in [-0.15, -0.1) is 0 Å². The average Bonchev–Trinajstić information content (AvgIpc) is 2.39. The largest absolute Gasteiger partial charge is 0.288 e. The highest BCUT2D eigenvalue weighted by Gasteiger charge is 2.20. The smallest absolute Gasteiger partial charge is 0.196 e. The zero-order chi connectivity index (χ0) is 14.2. The maximum atomic E-state index is 13.4. The van der Waals surface area contributed by atoms with Crippen molar-refractivity contribution in [3.05, 3.63) is 69.8 Å². The molecule has 2 aromatic carbocycles. The first-order valence-electron chi connectivity index (χ1n) is 5.05. The molecular formula is C13H5ClF4O. The molecule has 2 rings (SSSR count). The number of carbonyl (C=O) groups excluding carboxylic acids is 1. The highest BCUT2D eigenvalue weighted by molar-refractivity contribution is 6.30. The van der Waals surface area contributed by atoms with Crippen molar-refractivity contribution in [3.63, 3.8) is 0 Å². The predicted molar refractivity (Wildman–Crippen MR) is 61.2 cm³/mol. The zero-order valence-corrected chi connectivity index (χ0v) is 9.94. The standard InChI is InChI=1S/C13H5ClF4O/c14-8-3-1-6(5-10(8)16)13(19)7-2-4-9(15)12(18)11(7)17/h1-5H. The summed E-state index contributed by atoms with van der Waals surface area (Å²) in [5.74, 6) is -6.60. The third kappa shape index (κ3) is 2.46. The summed E-state index contributed by atoms with van der Waals surface area (Å²) < 4.78 is 52.4. The van der Waals surface area contributed by atoms with Crippen LogP contribution in [0, 0.1) is 23.3 Å². The summed E-state index contributed by atoms with van der Waals surface area (Å²) in [6, 6.07) is 4.49. The first-order valence-corrected chi connectivity index (χ1v) is 5.43. The predicted octanol–water partition coefficient (Wildman–Crippen LogP) is 4.13. The van der Waals surface area contributed by atoms with E-state index in [1.807, 2.05) is 0 Å². The van der Waals surface area contributed by atoms with Gasteiger partial charge in [0.25, 0.3) is 0 Å². The summed E-state index contributed by atoms with van der Waals surface area (Å²) in [5.41, 5.74) is -0.896. The van der Waals surface area contributed by atoms with E-state index in [9.17, 15) is 22.4 Å². The van der Waals surface area contributed by atoms with Gasteiger partial charge in [0, 0.05) is 5.56 Å². The molecule has 19 heavy (non-hydrogen) atoms. The molecule has 98 valence electrons. The first-order chi connectivity index (χ1) is 8.91. The fourth-order valence-electron chi connectivity index (χ4n) is 1.49. The highest BCUT2D eigenvalue weighted by Crippen LogP contribution is 2.21. The van der Waals surface area contributed by atoms with Gasteiger partial charge in [0.05, 0.1) is 10.6 Å². The van der Waals surface area contributed by atoms with Crippen LogP contribution in [0.2, 0.25) is 5.02 Å². The molecule has 0 aliphatic carbocycles. The maximum Gasteiger partial charge on any atom is 0.196 e. The van der Waals surface area contributed by atoms with Crippen molar-refractivity contribution in [3.8, 4) is 0 Å². The first kappa shape index (κ1) is 13.5. The molecule has 0 spiro atoms. The second kappa shape index (κ2) is 5.01. The highest BCUT2D eigenvalue weighted by atomic mass is 35.5. The molecule has 0 atom stereocenters. The van der Waals surface area contributed by atoms with Gasteiger partial charge in [0.15, 0.2) is 23.2 Å². The molecule has 0 N–H and O–H groups in total. The topological polar surface area (TPSA) is 17.1 Å². The molecule has 0 aliphatic heterocycles. The lowest BCUT2D eigenvalue weighted by Gasteiger charge is -2.05. The molecule has 1 nitrogen and oxygen atoms in total. The van der Waals surface area contributed by atoms with Crippen molar-refractivity contribution in [2.45, 2.75) is 0 Å². The van der Waals surface area contributed by atoms with Gasteiger partial charge in [-0.25, -0.2) is 17.6 Å². The van der Waals surface area contributed by atoms with Gasteiger partial charge >= 0.3 is 0 Å². The molecule has 0 saturated carbocycles. The van der Waals surface area contributed by atoms with E-state index < -0.39 is 34.6 Å². The van der Waals surface area contributed by atoms with Crippen molar-refractivity contribution in [1.29, 1.82) is 0 Å². The lowest BCUT2D eigenvalue weighted by atomic mass is 10.0. The van der Waals surface area contributed by atoms with Gasteiger partial charge in [-0.05, 0) is 30.3 Å². The van der Waals surface area contributed by atoms with E-state index in [2.05, 4.69) is 0 Å².